The van der Waals surface area contributed by atoms with E-state index in [9.17, 15) is 13.2 Å². The largest absolute Gasteiger partial charge is 0.482 e. The SMILES string of the molecule is CCCN(Cc1ccccc1)S(=O)(=O)c1ccc2c(c1)NC(=O)CO2. The molecule has 6 nitrogen and oxygen atoms in total. The standard InChI is InChI=1S/C18H20N2O4S/c1-2-10-20(12-14-6-4-3-5-7-14)25(22,23)15-8-9-17-16(11-15)19-18(21)13-24-17/h3-9,11H,2,10,12-13H2,1H3,(H,19,21). The third kappa shape index (κ3) is 3.83. The third-order valence-electron chi connectivity index (χ3n) is 3.90. The van der Waals surface area contributed by atoms with Crippen molar-refractivity contribution < 1.29 is 17.9 Å². The first-order valence-electron chi connectivity index (χ1n) is 8.11. The molecule has 1 aliphatic heterocycles. The number of hydrogen-bond acceptors (Lipinski definition) is 4. The van der Waals surface area contributed by atoms with Crippen molar-refractivity contribution in [2.75, 3.05) is 18.5 Å². The predicted octanol–water partition coefficient (Wildman–Crippen LogP) is 2.62. The zero-order valence-corrected chi connectivity index (χ0v) is 14.8. The molecule has 0 aromatic heterocycles. The van der Waals surface area contributed by atoms with E-state index < -0.39 is 10.0 Å². The Hall–Kier alpha value is -2.38. The van der Waals surface area contributed by atoms with E-state index in [4.69, 9.17) is 4.74 Å². The first-order chi connectivity index (χ1) is 12.0. The molecule has 0 aliphatic carbocycles. The summed E-state index contributed by atoms with van der Waals surface area (Å²) in [5.74, 6) is 0.181. The first-order valence-corrected chi connectivity index (χ1v) is 9.55. The van der Waals surface area contributed by atoms with E-state index in [2.05, 4.69) is 5.32 Å². The van der Waals surface area contributed by atoms with Gasteiger partial charge in [0.05, 0.1) is 10.6 Å². The van der Waals surface area contributed by atoms with Crippen LogP contribution in [0, 0.1) is 0 Å². The number of amides is 1. The molecule has 1 amide bonds. The molecule has 7 heteroatoms. The van der Waals surface area contributed by atoms with Crippen LogP contribution in [-0.2, 0) is 21.4 Å². The smallest absolute Gasteiger partial charge is 0.262 e. The summed E-state index contributed by atoms with van der Waals surface area (Å²) in [6.07, 6.45) is 0.705. The number of fused-ring (bicyclic) bond motifs is 1. The van der Waals surface area contributed by atoms with Gasteiger partial charge >= 0.3 is 0 Å². The van der Waals surface area contributed by atoms with E-state index >= 15 is 0 Å². The number of rotatable bonds is 6. The molecule has 0 radical (unpaired) electrons. The highest BCUT2D eigenvalue weighted by atomic mass is 32.2. The fraction of sp³-hybridized carbons (Fsp3) is 0.278. The Kier molecular flexibility index (Phi) is 5.06. The van der Waals surface area contributed by atoms with Crippen molar-refractivity contribution in [2.45, 2.75) is 24.8 Å². The lowest BCUT2D eigenvalue weighted by Crippen LogP contribution is -2.32. The molecule has 0 fully saturated rings. The monoisotopic (exact) mass is 360 g/mol. The Labute approximate surface area is 147 Å². The summed E-state index contributed by atoms with van der Waals surface area (Å²) in [5, 5.41) is 2.65. The summed E-state index contributed by atoms with van der Waals surface area (Å²) in [6, 6.07) is 14.0. The molecule has 1 N–H and O–H groups in total. The minimum atomic E-state index is -3.69. The average Bonchev–Trinajstić information content (AvgIpc) is 2.61. The third-order valence-corrected chi connectivity index (χ3v) is 5.74. The number of anilines is 1. The number of benzene rings is 2. The number of ether oxygens (including phenoxy) is 1. The maximum Gasteiger partial charge on any atom is 0.262 e. The summed E-state index contributed by atoms with van der Waals surface area (Å²) < 4.78 is 32.9. The van der Waals surface area contributed by atoms with Gasteiger partial charge in [0.25, 0.3) is 5.91 Å². The van der Waals surface area contributed by atoms with Crippen molar-refractivity contribution in [3.8, 4) is 5.75 Å². The second kappa shape index (κ2) is 7.25. The molecule has 1 heterocycles. The van der Waals surface area contributed by atoms with Crippen LogP contribution in [0.2, 0.25) is 0 Å². The Morgan fingerprint density at radius 2 is 1.92 bits per heavy atom. The molecule has 25 heavy (non-hydrogen) atoms. The summed E-state index contributed by atoms with van der Waals surface area (Å²) >= 11 is 0. The lowest BCUT2D eigenvalue weighted by atomic mass is 10.2. The van der Waals surface area contributed by atoms with Crippen molar-refractivity contribution in [1.29, 1.82) is 0 Å². The van der Waals surface area contributed by atoms with Crippen LogP contribution >= 0.6 is 0 Å². The summed E-state index contributed by atoms with van der Waals surface area (Å²) in [5.41, 5.74) is 1.31. The normalized spacial score (nSPS) is 13.9. The van der Waals surface area contributed by atoms with E-state index in [-0.39, 0.29) is 17.4 Å². The van der Waals surface area contributed by atoms with Crippen LogP contribution in [0.4, 0.5) is 5.69 Å². The van der Waals surface area contributed by atoms with Crippen LogP contribution in [0.25, 0.3) is 0 Å². The number of nitrogens with zero attached hydrogens (tertiary/aromatic N) is 1. The number of hydrogen-bond donors (Lipinski definition) is 1. The highest BCUT2D eigenvalue weighted by molar-refractivity contribution is 7.89. The van der Waals surface area contributed by atoms with Gasteiger partial charge < -0.3 is 10.1 Å². The number of carbonyl (C=O) groups excluding carboxylic acids is 1. The van der Waals surface area contributed by atoms with Crippen LogP contribution in [0.15, 0.2) is 53.4 Å². The highest BCUT2D eigenvalue weighted by Crippen LogP contribution is 2.31. The van der Waals surface area contributed by atoms with E-state index in [1.54, 1.807) is 6.07 Å². The summed E-state index contributed by atoms with van der Waals surface area (Å²) in [6.45, 7) is 2.59. The lowest BCUT2D eigenvalue weighted by Gasteiger charge is -2.23. The van der Waals surface area contributed by atoms with Crippen LogP contribution < -0.4 is 10.1 Å². The van der Waals surface area contributed by atoms with Gasteiger partial charge in [0.1, 0.15) is 5.75 Å². The Bertz CT molecular complexity index is 866. The zero-order chi connectivity index (χ0) is 17.9. The molecule has 0 saturated carbocycles. The number of carbonyl (C=O) groups is 1. The highest BCUT2D eigenvalue weighted by Gasteiger charge is 2.26. The van der Waals surface area contributed by atoms with Gasteiger partial charge in [-0.3, -0.25) is 4.79 Å². The molecule has 2 aromatic carbocycles. The van der Waals surface area contributed by atoms with E-state index in [1.165, 1.54) is 16.4 Å². The second-order valence-corrected chi connectivity index (χ2v) is 7.76. The van der Waals surface area contributed by atoms with Crippen molar-refractivity contribution in [1.82, 2.24) is 4.31 Å². The van der Waals surface area contributed by atoms with Gasteiger partial charge in [-0.2, -0.15) is 4.31 Å². The van der Waals surface area contributed by atoms with Crippen molar-refractivity contribution in [2.24, 2.45) is 0 Å². The minimum absolute atomic E-state index is 0.0605. The Morgan fingerprint density at radius 3 is 2.64 bits per heavy atom. The quantitative estimate of drug-likeness (QED) is 0.859. The van der Waals surface area contributed by atoms with Crippen molar-refractivity contribution >= 4 is 21.6 Å². The molecular formula is C18H20N2O4S. The van der Waals surface area contributed by atoms with Crippen LogP contribution in [0.5, 0.6) is 5.75 Å². The van der Waals surface area contributed by atoms with Crippen molar-refractivity contribution in [3.05, 3.63) is 54.1 Å². The summed E-state index contributed by atoms with van der Waals surface area (Å²) in [4.78, 5) is 11.6. The molecule has 0 spiro atoms. The van der Waals surface area contributed by atoms with Crippen LogP contribution in [0.3, 0.4) is 0 Å². The minimum Gasteiger partial charge on any atom is -0.482 e. The molecule has 132 valence electrons. The Morgan fingerprint density at radius 1 is 1.16 bits per heavy atom. The van der Waals surface area contributed by atoms with Gasteiger partial charge in [0.15, 0.2) is 6.61 Å². The van der Waals surface area contributed by atoms with Gasteiger partial charge in [-0.1, -0.05) is 37.3 Å². The van der Waals surface area contributed by atoms with E-state index in [0.29, 0.717) is 30.9 Å². The Balaban J connectivity index is 1.92. The summed E-state index contributed by atoms with van der Waals surface area (Å²) in [7, 11) is -3.69. The molecule has 3 rings (SSSR count). The first kappa shape index (κ1) is 17.4. The van der Waals surface area contributed by atoms with Crippen LogP contribution in [0.1, 0.15) is 18.9 Å². The fourth-order valence-electron chi connectivity index (χ4n) is 2.69. The van der Waals surface area contributed by atoms with Crippen molar-refractivity contribution in [3.63, 3.8) is 0 Å². The molecular weight excluding hydrogens is 340 g/mol. The zero-order valence-electron chi connectivity index (χ0n) is 13.9. The van der Waals surface area contributed by atoms with Gasteiger partial charge in [-0.25, -0.2) is 8.42 Å². The van der Waals surface area contributed by atoms with Crippen LogP contribution in [-0.4, -0.2) is 31.8 Å². The lowest BCUT2D eigenvalue weighted by molar-refractivity contribution is -0.118. The molecule has 0 saturated heterocycles. The fourth-order valence-corrected chi connectivity index (χ4v) is 4.24. The van der Waals surface area contributed by atoms with Gasteiger partial charge in [-0.15, -0.1) is 0 Å². The van der Waals surface area contributed by atoms with Gasteiger partial charge in [-0.05, 0) is 30.2 Å². The molecule has 0 unspecified atom stereocenters. The predicted molar refractivity (Wildman–Crippen MR) is 94.9 cm³/mol. The molecule has 1 aliphatic rings. The molecule has 0 atom stereocenters. The number of sulfonamides is 1. The maximum atomic E-state index is 13.1. The average molecular weight is 360 g/mol. The maximum absolute atomic E-state index is 13.1. The van der Waals surface area contributed by atoms with Gasteiger partial charge in [0.2, 0.25) is 10.0 Å². The van der Waals surface area contributed by atoms with Gasteiger partial charge in [0, 0.05) is 13.1 Å². The van der Waals surface area contributed by atoms with E-state index in [0.717, 1.165) is 5.56 Å². The molecule has 2 aromatic rings. The topological polar surface area (TPSA) is 75.7 Å². The second-order valence-electron chi connectivity index (χ2n) is 5.82. The van der Waals surface area contributed by atoms with E-state index in [1.807, 2.05) is 37.3 Å². The molecule has 0 bridgehead atoms. The number of nitrogens with one attached hydrogen (secondary N) is 1.